The molecule has 0 radical (unpaired) electrons. The number of benzene rings is 2. The summed E-state index contributed by atoms with van der Waals surface area (Å²) in [6.45, 7) is 9.97. The fraction of sp³-hybridized carbons (Fsp3) is 0.333. The monoisotopic (exact) mass is 494 g/mol. The maximum Gasteiger partial charge on any atom is 0.290 e. The first-order chi connectivity index (χ1) is 17.0. The van der Waals surface area contributed by atoms with Crippen LogP contribution in [0.2, 0.25) is 5.02 Å². The van der Waals surface area contributed by atoms with Crippen LogP contribution in [0.25, 0.3) is 11.0 Å². The highest BCUT2D eigenvalue weighted by atomic mass is 35.5. The van der Waals surface area contributed by atoms with Gasteiger partial charge < -0.3 is 18.8 Å². The van der Waals surface area contributed by atoms with Crippen LogP contribution in [0.15, 0.2) is 58.3 Å². The van der Waals surface area contributed by atoms with Crippen LogP contribution in [0, 0.1) is 6.92 Å². The Balaban J connectivity index is 1.61. The van der Waals surface area contributed by atoms with Crippen molar-refractivity contribution in [3.05, 3.63) is 86.7 Å². The van der Waals surface area contributed by atoms with E-state index in [0.29, 0.717) is 60.2 Å². The zero-order chi connectivity index (χ0) is 24.5. The quantitative estimate of drug-likeness (QED) is 0.458. The van der Waals surface area contributed by atoms with Crippen molar-refractivity contribution in [1.82, 2.24) is 9.80 Å². The Kier molecular flexibility index (Phi) is 6.65. The number of morpholine rings is 1. The van der Waals surface area contributed by atoms with Crippen LogP contribution < -0.4 is 10.2 Å². The van der Waals surface area contributed by atoms with Gasteiger partial charge in [0.2, 0.25) is 5.76 Å². The maximum atomic E-state index is 13.8. The molecule has 1 saturated heterocycles. The zero-order valence-corrected chi connectivity index (χ0v) is 20.3. The van der Waals surface area contributed by atoms with E-state index in [-0.39, 0.29) is 17.1 Å². The summed E-state index contributed by atoms with van der Waals surface area (Å²) in [7, 11) is 0. The van der Waals surface area contributed by atoms with E-state index in [4.69, 9.17) is 25.5 Å². The minimum atomic E-state index is -0.591. The molecule has 0 N–H and O–H groups in total. The van der Waals surface area contributed by atoms with Gasteiger partial charge in [0.1, 0.15) is 17.9 Å². The van der Waals surface area contributed by atoms with Gasteiger partial charge in [-0.1, -0.05) is 36.4 Å². The predicted octanol–water partition coefficient (Wildman–Crippen LogP) is 4.20. The van der Waals surface area contributed by atoms with Gasteiger partial charge in [-0.05, 0) is 42.3 Å². The van der Waals surface area contributed by atoms with Gasteiger partial charge in [0, 0.05) is 31.2 Å². The Morgan fingerprint density at radius 2 is 1.97 bits per heavy atom. The molecule has 2 aromatic carbocycles. The summed E-state index contributed by atoms with van der Waals surface area (Å²) in [6, 6.07) is 10.2. The fourth-order valence-electron chi connectivity index (χ4n) is 4.72. The Labute approximate surface area is 208 Å². The van der Waals surface area contributed by atoms with Crippen LogP contribution in [-0.4, -0.2) is 61.7 Å². The van der Waals surface area contributed by atoms with Gasteiger partial charge >= 0.3 is 0 Å². The van der Waals surface area contributed by atoms with Gasteiger partial charge in [-0.25, -0.2) is 0 Å². The molecule has 0 aliphatic carbocycles. The van der Waals surface area contributed by atoms with Crippen molar-refractivity contribution in [3.63, 3.8) is 0 Å². The molecule has 1 fully saturated rings. The van der Waals surface area contributed by atoms with E-state index >= 15 is 0 Å². The van der Waals surface area contributed by atoms with Gasteiger partial charge in [-0.3, -0.25) is 14.5 Å². The molecule has 3 heterocycles. The van der Waals surface area contributed by atoms with Crippen molar-refractivity contribution in [2.45, 2.75) is 13.0 Å². The molecule has 182 valence electrons. The van der Waals surface area contributed by atoms with E-state index in [1.807, 2.05) is 31.2 Å². The van der Waals surface area contributed by atoms with Crippen molar-refractivity contribution in [1.29, 1.82) is 0 Å². The van der Waals surface area contributed by atoms with E-state index in [1.54, 1.807) is 23.1 Å². The predicted molar refractivity (Wildman–Crippen MR) is 135 cm³/mol. The number of ether oxygens (including phenoxy) is 2. The fourth-order valence-corrected chi connectivity index (χ4v) is 4.89. The molecule has 0 spiro atoms. The summed E-state index contributed by atoms with van der Waals surface area (Å²) >= 11 is 6.33. The highest BCUT2D eigenvalue weighted by Gasteiger charge is 2.43. The molecule has 2 aliphatic heterocycles. The van der Waals surface area contributed by atoms with Crippen molar-refractivity contribution < 1.29 is 18.7 Å². The maximum absolute atomic E-state index is 13.8. The Hall–Kier alpha value is -3.13. The SMILES string of the molecule is C=CCOc1cccc(C2c3c(oc4cc(C)c(Cl)cc4c3=O)C(=O)N2CCN2CCOCC2)c1. The molecule has 7 nitrogen and oxygen atoms in total. The van der Waals surface area contributed by atoms with E-state index < -0.39 is 6.04 Å². The first kappa shape index (κ1) is 23.6. The van der Waals surface area contributed by atoms with Crippen molar-refractivity contribution in [2.75, 3.05) is 46.0 Å². The molecule has 35 heavy (non-hydrogen) atoms. The van der Waals surface area contributed by atoms with Crippen LogP contribution >= 0.6 is 11.6 Å². The molecule has 1 amide bonds. The third-order valence-electron chi connectivity index (χ3n) is 6.55. The first-order valence-electron chi connectivity index (χ1n) is 11.7. The summed E-state index contributed by atoms with van der Waals surface area (Å²) < 4.78 is 17.2. The average molecular weight is 495 g/mol. The number of hydrogen-bond donors (Lipinski definition) is 0. The standard InChI is InChI=1S/C27H27ClN2O5/c1-3-11-34-19-6-4-5-18(15-19)24-23-25(31)20-16-21(28)17(2)14-22(20)35-26(23)27(32)30(24)8-7-29-9-12-33-13-10-29/h3-6,14-16,24H,1,7-13H2,2H3. The minimum Gasteiger partial charge on any atom is -0.490 e. The Morgan fingerprint density at radius 3 is 2.74 bits per heavy atom. The van der Waals surface area contributed by atoms with Crippen LogP contribution in [-0.2, 0) is 4.74 Å². The molecule has 3 aromatic rings. The van der Waals surface area contributed by atoms with Crippen LogP contribution in [0.3, 0.4) is 0 Å². The number of aryl methyl sites for hydroxylation is 1. The Morgan fingerprint density at radius 1 is 1.17 bits per heavy atom. The van der Waals surface area contributed by atoms with E-state index in [2.05, 4.69) is 11.5 Å². The number of fused-ring (bicyclic) bond motifs is 2. The summed E-state index contributed by atoms with van der Waals surface area (Å²) in [6.07, 6.45) is 1.67. The highest BCUT2D eigenvalue weighted by molar-refractivity contribution is 6.32. The molecular formula is C27H27ClN2O5. The lowest BCUT2D eigenvalue weighted by atomic mass is 9.98. The van der Waals surface area contributed by atoms with Gasteiger partial charge in [0.05, 0.1) is 30.2 Å². The number of amides is 1. The number of rotatable bonds is 7. The van der Waals surface area contributed by atoms with Crippen LogP contribution in [0.4, 0.5) is 0 Å². The van der Waals surface area contributed by atoms with E-state index in [9.17, 15) is 9.59 Å². The van der Waals surface area contributed by atoms with E-state index in [1.165, 1.54) is 0 Å². The van der Waals surface area contributed by atoms with Crippen LogP contribution in [0.1, 0.15) is 33.3 Å². The third kappa shape index (κ3) is 4.47. The smallest absolute Gasteiger partial charge is 0.290 e. The van der Waals surface area contributed by atoms with Crippen molar-refractivity contribution >= 4 is 28.5 Å². The number of carbonyl (C=O) groups is 1. The molecule has 2 aliphatic rings. The summed E-state index contributed by atoms with van der Waals surface area (Å²) in [4.78, 5) is 31.4. The van der Waals surface area contributed by atoms with Gasteiger partial charge in [0.25, 0.3) is 5.91 Å². The second kappa shape index (κ2) is 9.85. The van der Waals surface area contributed by atoms with Gasteiger partial charge in [0.15, 0.2) is 5.43 Å². The van der Waals surface area contributed by atoms with Crippen LogP contribution in [0.5, 0.6) is 5.75 Å². The summed E-state index contributed by atoms with van der Waals surface area (Å²) in [5.41, 5.74) is 2.02. The summed E-state index contributed by atoms with van der Waals surface area (Å²) in [5.74, 6) is 0.441. The molecule has 0 saturated carbocycles. The lowest BCUT2D eigenvalue weighted by molar-refractivity contribution is 0.0314. The molecule has 5 rings (SSSR count). The number of carbonyl (C=O) groups excluding carboxylic acids is 1. The zero-order valence-electron chi connectivity index (χ0n) is 19.6. The van der Waals surface area contributed by atoms with E-state index in [0.717, 1.165) is 24.2 Å². The largest absolute Gasteiger partial charge is 0.490 e. The lowest BCUT2D eigenvalue weighted by Crippen LogP contribution is -2.42. The molecular weight excluding hydrogens is 468 g/mol. The molecule has 1 atom stereocenters. The highest BCUT2D eigenvalue weighted by Crippen LogP contribution is 2.39. The summed E-state index contributed by atoms with van der Waals surface area (Å²) in [5, 5.41) is 0.848. The normalized spacial score (nSPS) is 18.2. The van der Waals surface area contributed by atoms with Gasteiger partial charge in [-0.15, -0.1) is 0 Å². The first-order valence-corrected chi connectivity index (χ1v) is 12.1. The molecule has 1 aromatic heterocycles. The molecule has 8 heteroatoms. The number of halogens is 1. The van der Waals surface area contributed by atoms with Crippen molar-refractivity contribution in [3.8, 4) is 5.75 Å². The lowest BCUT2D eigenvalue weighted by Gasteiger charge is -2.31. The average Bonchev–Trinajstić information content (AvgIpc) is 3.15. The number of nitrogens with zero attached hydrogens (tertiary/aromatic N) is 2. The third-order valence-corrected chi connectivity index (χ3v) is 6.96. The molecule has 0 bridgehead atoms. The molecule has 1 unspecified atom stereocenters. The second-order valence-corrected chi connectivity index (χ2v) is 9.21. The second-order valence-electron chi connectivity index (χ2n) is 8.80. The van der Waals surface area contributed by atoms with Gasteiger partial charge in [-0.2, -0.15) is 0 Å². The Bertz CT molecular complexity index is 1350. The number of hydrogen-bond acceptors (Lipinski definition) is 6. The minimum absolute atomic E-state index is 0.0913. The topological polar surface area (TPSA) is 72.2 Å². The van der Waals surface area contributed by atoms with Crippen molar-refractivity contribution in [2.24, 2.45) is 0 Å².